The van der Waals surface area contributed by atoms with Crippen molar-refractivity contribution in [2.45, 2.75) is 39.0 Å². The van der Waals surface area contributed by atoms with E-state index in [1.54, 1.807) is 12.1 Å². The lowest BCUT2D eigenvalue weighted by Gasteiger charge is -2.29. The number of nitrogens with one attached hydrogen (secondary N) is 2. The number of nitrogens with zero attached hydrogens (tertiary/aromatic N) is 2. The fraction of sp³-hybridized carbons (Fsp3) is 0.324. The summed E-state index contributed by atoms with van der Waals surface area (Å²) in [6, 6.07) is 14.2. The number of aryl methyl sites for hydroxylation is 1. The summed E-state index contributed by atoms with van der Waals surface area (Å²) >= 11 is 0. The van der Waals surface area contributed by atoms with E-state index in [4.69, 9.17) is 9.47 Å². The summed E-state index contributed by atoms with van der Waals surface area (Å²) in [7, 11) is 4.30. The Kier molecular flexibility index (Phi) is 9.33. The number of aliphatic hydroxyl groups excluding tert-OH is 1. The van der Waals surface area contributed by atoms with Crippen LogP contribution in [0.25, 0.3) is 22.3 Å². The van der Waals surface area contributed by atoms with E-state index in [-0.39, 0.29) is 18.2 Å². The quantitative estimate of drug-likeness (QED) is 0.276. The van der Waals surface area contributed by atoms with Crippen molar-refractivity contribution in [2.24, 2.45) is 14.1 Å². The van der Waals surface area contributed by atoms with Gasteiger partial charge in [-0.3, -0.25) is 14.2 Å². The van der Waals surface area contributed by atoms with Gasteiger partial charge in [0.15, 0.2) is 0 Å². The molecule has 0 saturated carbocycles. The third-order valence-electron chi connectivity index (χ3n) is 8.44. The zero-order valence-electron chi connectivity index (χ0n) is 25.9. The molecule has 0 unspecified atom stereocenters. The number of aliphatic hydroxyl groups is 1. The van der Waals surface area contributed by atoms with E-state index in [1.807, 2.05) is 44.2 Å². The molecule has 4 aromatic rings. The van der Waals surface area contributed by atoms with Gasteiger partial charge in [-0.25, -0.2) is 9.18 Å². The number of carbonyl (C=O) groups is 1. The van der Waals surface area contributed by atoms with Crippen molar-refractivity contribution in [3.05, 3.63) is 104 Å². The van der Waals surface area contributed by atoms with Crippen LogP contribution in [-0.4, -0.2) is 52.6 Å². The minimum atomic E-state index is -0.682. The Morgan fingerprint density at radius 1 is 1.07 bits per heavy atom. The smallest absolute Gasteiger partial charge is 0.330 e. The molecule has 2 atom stereocenters. The zero-order valence-corrected chi connectivity index (χ0v) is 25.9. The Labute approximate surface area is 260 Å². The van der Waals surface area contributed by atoms with Gasteiger partial charge in [0.05, 0.1) is 25.9 Å². The highest BCUT2D eigenvalue weighted by Gasteiger charge is 2.25. The molecule has 0 spiro atoms. The standard InChI is InChI=1S/C34H37FN4O6/c1-19-22(21-14-27(35)25(31(15-21)44-5)16-36-29-18-45-13-12-30(29)40)8-6-9-23(19)24-10-7-11-28(20(24)2)37-32(41)26-17-38(3)34(43)39(4)33(26)42/h6-11,14-15,17,29-30,36,40H,12-13,16,18H2,1-5H3,(H,37,41)/t29-,30-/m1/s1. The molecule has 1 aromatic heterocycles. The van der Waals surface area contributed by atoms with E-state index >= 15 is 4.39 Å². The maximum atomic E-state index is 15.6. The van der Waals surface area contributed by atoms with E-state index < -0.39 is 29.1 Å². The number of methoxy groups -OCH3 is 1. The lowest BCUT2D eigenvalue weighted by atomic mass is 9.90. The fourth-order valence-electron chi connectivity index (χ4n) is 5.73. The molecule has 0 aliphatic carbocycles. The second kappa shape index (κ2) is 13.2. The second-order valence-electron chi connectivity index (χ2n) is 11.3. The van der Waals surface area contributed by atoms with Gasteiger partial charge in [0.2, 0.25) is 0 Å². The molecule has 0 radical (unpaired) electrons. The number of hydrogen-bond donors (Lipinski definition) is 3. The molecular weight excluding hydrogens is 579 g/mol. The molecule has 1 fully saturated rings. The summed E-state index contributed by atoms with van der Waals surface area (Å²) in [6.45, 7) is 4.84. The summed E-state index contributed by atoms with van der Waals surface area (Å²) in [6.07, 6.45) is 1.19. The van der Waals surface area contributed by atoms with Crippen molar-refractivity contribution >= 4 is 11.6 Å². The minimum Gasteiger partial charge on any atom is -0.496 e. The largest absolute Gasteiger partial charge is 0.496 e. The molecule has 5 rings (SSSR count). The van der Waals surface area contributed by atoms with Crippen LogP contribution in [0.1, 0.15) is 33.5 Å². The van der Waals surface area contributed by atoms with Gasteiger partial charge in [0, 0.05) is 44.7 Å². The molecule has 11 heteroatoms. The number of hydrogen-bond acceptors (Lipinski definition) is 7. The number of anilines is 1. The van der Waals surface area contributed by atoms with Crippen LogP contribution < -0.4 is 26.6 Å². The Morgan fingerprint density at radius 2 is 1.76 bits per heavy atom. The van der Waals surface area contributed by atoms with Crippen molar-refractivity contribution in [1.29, 1.82) is 0 Å². The molecule has 2 heterocycles. The summed E-state index contributed by atoms with van der Waals surface area (Å²) < 4.78 is 28.7. The summed E-state index contributed by atoms with van der Waals surface area (Å²) in [5, 5.41) is 16.3. The van der Waals surface area contributed by atoms with Crippen molar-refractivity contribution in [3.63, 3.8) is 0 Å². The second-order valence-corrected chi connectivity index (χ2v) is 11.3. The average Bonchev–Trinajstić information content (AvgIpc) is 3.02. The first-order valence-electron chi connectivity index (χ1n) is 14.6. The van der Waals surface area contributed by atoms with E-state index in [1.165, 1.54) is 38.0 Å². The topological polar surface area (TPSA) is 124 Å². The molecule has 236 valence electrons. The van der Waals surface area contributed by atoms with Crippen LogP contribution in [0.3, 0.4) is 0 Å². The highest BCUT2D eigenvalue weighted by Crippen LogP contribution is 2.37. The van der Waals surface area contributed by atoms with Gasteiger partial charge < -0.3 is 29.8 Å². The van der Waals surface area contributed by atoms with Crippen LogP contribution in [0.4, 0.5) is 10.1 Å². The number of halogens is 1. The Morgan fingerprint density at radius 3 is 2.47 bits per heavy atom. The van der Waals surface area contributed by atoms with Gasteiger partial charge in [0.1, 0.15) is 17.1 Å². The zero-order chi connectivity index (χ0) is 32.4. The lowest BCUT2D eigenvalue weighted by Crippen LogP contribution is -2.46. The monoisotopic (exact) mass is 616 g/mol. The molecule has 1 aliphatic rings. The van der Waals surface area contributed by atoms with Crippen molar-refractivity contribution in [2.75, 3.05) is 25.6 Å². The number of rotatable bonds is 8. The number of amides is 1. The fourth-order valence-corrected chi connectivity index (χ4v) is 5.73. The van der Waals surface area contributed by atoms with Gasteiger partial charge in [-0.05, 0) is 71.8 Å². The Bertz CT molecular complexity index is 1880. The molecule has 0 bridgehead atoms. The van der Waals surface area contributed by atoms with E-state index in [9.17, 15) is 19.5 Å². The lowest BCUT2D eigenvalue weighted by molar-refractivity contribution is -0.0161. The van der Waals surface area contributed by atoms with Crippen LogP contribution in [0.5, 0.6) is 5.75 Å². The van der Waals surface area contributed by atoms with Crippen LogP contribution in [0, 0.1) is 19.7 Å². The third-order valence-corrected chi connectivity index (χ3v) is 8.44. The van der Waals surface area contributed by atoms with Gasteiger partial charge in [0.25, 0.3) is 11.5 Å². The molecule has 1 amide bonds. The highest BCUT2D eigenvalue weighted by molar-refractivity contribution is 6.04. The molecule has 1 saturated heterocycles. The predicted octanol–water partition coefficient (Wildman–Crippen LogP) is 3.67. The summed E-state index contributed by atoms with van der Waals surface area (Å²) in [4.78, 5) is 37.8. The van der Waals surface area contributed by atoms with Crippen LogP contribution in [-0.2, 0) is 25.4 Å². The first-order chi connectivity index (χ1) is 21.5. The van der Waals surface area contributed by atoms with Gasteiger partial charge in [-0.2, -0.15) is 0 Å². The SMILES string of the molecule is COc1cc(-c2cccc(-c3cccc(NC(=O)c4cn(C)c(=O)n(C)c4=O)c3C)c2C)cc(F)c1CN[C@@H]1COCC[C@H]1O. The van der Waals surface area contributed by atoms with Gasteiger partial charge in [-0.1, -0.05) is 30.3 Å². The van der Waals surface area contributed by atoms with E-state index in [2.05, 4.69) is 10.6 Å². The van der Waals surface area contributed by atoms with E-state index in [0.29, 0.717) is 42.2 Å². The summed E-state index contributed by atoms with van der Waals surface area (Å²) in [5.41, 5.74) is 4.36. The number of benzene rings is 3. The summed E-state index contributed by atoms with van der Waals surface area (Å²) in [5.74, 6) is -0.670. The third kappa shape index (κ3) is 6.32. The molecular formula is C34H37FN4O6. The first-order valence-corrected chi connectivity index (χ1v) is 14.6. The van der Waals surface area contributed by atoms with Crippen LogP contribution >= 0.6 is 0 Å². The molecule has 3 N–H and O–H groups in total. The van der Waals surface area contributed by atoms with Crippen molar-refractivity contribution in [1.82, 2.24) is 14.5 Å². The van der Waals surface area contributed by atoms with Crippen LogP contribution in [0.15, 0.2) is 64.3 Å². The van der Waals surface area contributed by atoms with Crippen molar-refractivity contribution < 1.29 is 23.8 Å². The van der Waals surface area contributed by atoms with E-state index in [0.717, 1.165) is 32.4 Å². The Balaban J connectivity index is 1.45. The highest BCUT2D eigenvalue weighted by atomic mass is 19.1. The molecule has 1 aliphatic heterocycles. The minimum absolute atomic E-state index is 0.152. The average molecular weight is 617 g/mol. The van der Waals surface area contributed by atoms with Gasteiger partial charge >= 0.3 is 5.69 Å². The normalized spacial score (nSPS) is 16.4. The Hall–Kier alpha value is -4.58. The maximum absolute atomic E-state index is 15.6. The number of carbonyl (C=O) groups excluding carboxylic acids is 1. The maximum Gasteiger partial charge on any atom is 0.330 e. The molecule has 3 aromatic carbocycles. The van der Waals surface area contributed by atoms with Crippen LogP contribution in [0.2, 0.25) is 0 Å². The number of aromatic nitrogens is 2. The van der Waals surface area contributed by atoms with Crippen molar-refractivity contribution in [3.8, 4) is 28.0 Å². The molecule has 10 nitrogen and oxygen atoms in total. The predicted molar refractivity (Wildman–Crippen MR) is 170 cm³/mol. The molecule has 45 heavy (non-hydrogen) atoms. The first kappa shape index (κ1) is 31.8. The number of ether oxygens (including phenoxy) is 2. The van der Waals surface area contributed by atoms with Gasteiger partial charge in [-0.15, -0.1) is 0 Å².